The lowest BCUT2D eigenvalue weighted by Gasteiger charge is -2.44. The molecule has 29 heavy (non-hydrogen) atoms. The van der Waals surface area contributed by atoms with Crippen LogP contribution in [0.5, 0.6) is 0 Å². The Hall–Kier alpha value is -1.39. The summed E-state index contributed by atoms with van der Waals surface area (Å²) in [6.45, 7) is 4.19. The molecule has 0 aromatic heterocycles. The molecular formula is C21H28O8. The van der Waals surface area contributed by atoms with Gasteiger partial charge in [0.2, 0.25) is 0 Å². The van der Waals surface area contributed by atoms with Crippen molar-refractivity contribution in [1.82, 2.24) is 0 Å². The number of aliphatic hydroxyl groups excluding tert-OH is 1. The van der Waals surface area contributed by atoms with E-state index in [1.165, 1.54) is 7.11 Å². The maximum Gasteiger partial charge on any atom is 0.184 e. The number of hydrogen-bond acceptors (Lipinski definition) is 8. The minimum atomic E-state index is -1.02. The minimum absolute atomic E-state index is 0.201. The van der Waals surface area contributed by atoms with Crippen molar-refractivity contribution in [3.05, 3.63) is 35.9 Å². The molecule has 0 aliphatic carbocycles. The van der Waals surface area contributed by atoms with Crippen LogP contribution < -0.4 is 0 Å². The van der Waals surface area contributed by atoms with Gasteiger partial charge in [-0.15, -0.1) is 0 Å². The first-order chi connectivity index (χ1) is 13.9. The van der Waals surface area contributed by atoms with Crippen LogP contribution in [-0.2, 0) is 33.2 Å². The van der Waals surface area contributed by atoms with Gasteiger partial charge >= 0.3 is 0 Å². The molecule has 0 spiro atoms. The van der Waals surface area contributed by atoms with E-state index in [0.717, 1.165) is 5.56 Å². The summed E-state index contributed by atoms with van der Waals surface area (Å²) in [5.41, 5.74) is 0.823. The lowest BCUT2D eigenvalue weighted by Crippen LogP contribution is -2.60. The number of carbonyl (C=O) groups is 1. The molecule has 160 valence electrons. The number of ketones is 1. The molecule has 3 saturated heterocycles. The topological polar surface area (TPSA) is 92.7 Å². The van der Waals surface area contributed by atoms with E-state index in [1.54, 1.807) is 0 Å². The van der Waals surface area contributed by atoms with Gasteiger partial charge in [0, 0.05) is 19.1 Å². The number of ether oxygens (including phenoxy) is 6. The van der Waals surface area contributed by atoms with Crippen LogP contribution in [0.25, 0.3) is 0 Å². The molecule has 0 amide bonds. The third kappa shape index (κ3) is 4.39. The Morgan fingerprint density at radius 1 is 1.21 bits per heavy atom. The smallest absolute Gasteiger partial charge is 0.184 e. The third-order valence-corrected chi connectivity index (χ3v) is 5.52. The average Bonchev–Trinajstić information content (AvgIpc) is 3.06. The highest BCUT2D eigenvalue weighted by atomic mass is 16.7. The molecule has 0 radical (unpaired) electrons. The molecule has 1 aromatic carbocycles. The predicted octanol–water partition coefficient (Wildman–Crippen LogP) is 1.56. The van der Waals surface area contributed by atoms with Crippen molar-refractivity contribution in [1.29, 1.82) is 0 Å². The predicted molar refractivity (Wildman–Crippen MR) is 99.7 cm³/mol. The fourth-order valence-electron chi connectivity index (χ4n) is 4.12. The number of methoxy groups -OCH3 is 1. The summed E-state index contributed by atoms with van der Waals surface area (Å²) in [6.07, 6.45) is -4.05. The molecule has 3 aliphatic rings. The summed E-state index contributed by atoms with van der Waals surface area (Å²) in [4.78, 5) is 13.3. The van der Waals surface area contributed by atoms with Crippen molar-refractivity contribution in [3.8, 4) is 0 Å². The van der Waals surface area contributed by atoms with Crippen molar-refractivity contribution in [2.45, 2.75) is 63.1 Å². The number of aliphatic hydroxyl groups is 1. The SMILES string of the molecule is CO[C@H]1O[C@@H]2CO[C@@H](c3ccccc3)O[C@H]2C(=O)[C@@H]1[C@@H](O)C[C@H]1COC(C)(C)O1. The zero-order chi connectivity index (χ0) is 20.6. The van der Waals surface area contributed by atoms with E-state index in [2.05, 4.69) is 0 Å². The summed E-state index contributed by atoms with van der Waals surface area (Å²) in [5.74, 6) is -1.83. The van der Waals surface area contributed by atoms with Crippen molar-refractivity contribution < 1.29 is 38.3 Å². The second kappa shape index (κ2) is 8.39. The van der Waals surface area contributed by atoms with Gasteiger partial charge in [-0.3, -0.25) is 4.79 Å². The molecule has 4 rings (SSSR count). The van der Waals surface area contributed by atoms with Crippen molar-refractivity contribution in [3.63, 3.8) is 0 Å². The van der Waals surface area contributed by atoms with Crippen LogP contribution in [0.15, 0.2) is 30.3 Å². The molecule has 8 nitrogen and oxygen atoms in total. The standard InChI is InChI=1S/C21H28O8/c1-21(2)26-10-13(29-21)9-14(22)16-17(23)18-15(27-20(16)24-3)11-25-19(28-18)12-7-5-4-6-8-12/h4-8,13-16,18-20,22H,9-11H2,1-3H3/t13-,14-,15+,16-,18+,19+,20-/m0/s1. The van der Waals surface area contributed by atoms with Crippen LogP contribution in [0.3, 0.4) is 0 Å². The van der Waals surface area contributed by atoms with Gasteiger partial charge in [0.25, 0.3) is 0 Å². The van der Waals surface area contributed by atoms with Crippen LogP contribution in [0, 0.1) is 5.92 Å². The summed E-state index contributed by atoms with van der Waals surface area (Å²) >= 11 is 0. The van der Waals surface area contributed by atoms with E-state index in [4.69, 9.17) is 28.4 Å². The largest absolute Gasteiger partial charge is 0.392 e. The number of rotatable bonds is 5. The fraction of sp³-hybridized carbons (Fsp3) is 0.667. The fourth-order valence-corrected chi connectivity index (χ4v) is 4.12. The van der Waals surface area contributed by atoms with Crippen LogP contribution in [0.4, 0.5) is 0 Å². The average molecular weight is 408 g/mol. The molecule has 3 heterocycles. The highest BCUT2D eigenvalue weighted by Crippen LogP contribution is 2.37. The Kier molecular flexibility index (Phi) is 6.04. The summed E-state index contributed by atoms with van der Waals surface area (Å²) < 4.78 is 34.3. The zero-order valence-corrected chi connectivity index (χ0v) is 16.9. The van der Waals surface area contributed by atoms with E-state index in [9.17, 15) is 9.90 Å². The monoisotopic (exact) mass is 408 g/mol. The Labute approximate surface area is 170 Å². The maximum absolute atomic E-state index is 13.3. The number of hydrogen-bond donors (Lipinski definition) is 1. The highest BCUT2D eigenvalue weighted by molar-refractivity contribution is 5.87. The summed E-state index contributed by atoms with van der Waals surface area (Å²) in [6, 6.07) is 9.42. The van der Waals surface area contributed by atoms with E-state index >= 15 is 0 Å². The normalized spacial score (nSPS) is 37.9. The molecule has 3 aliphatic heterocycles. The molecule has 3 fully saturated rings. The van der Waals surface area contributed by atoms with Crippen molar-refractivity contribution in [2.24, 2.45) is 5.92 Å². The Balaban J connectivity index is 1.47. The first kappa shape index (κ1) is 20.9. The van der Waals surface area contributed by atoms with E-state index in [-0.39, 0.29) is 24.9 Å². The summed E-state index contributed by atoms with van der Waals surface area (Å²) in [7, 11) is 1.45. The van der Waals surface area contributed by atoms with Crippen LogP contribution in [0.2, 0.25) is 0 Å². The Morgan fingerprint density at radius 3 is 2.62 bits per heavy atom. The molecule has 1 N–H and O–H groups in total. The van der Waals surface area contributed by atoms with Gasteiger partial charge in [0.15, 0.2) is 24.2 Å². The molecule has 7 atom stereocenters. The van der Waals surface area contributed by atoms with Gasteiger partial charge in [0.05, 0.1) is 31.3 Å². The Morgan fingerprint density at radius 2 is 1.97 bits per heavy atom. The van der Waals surface area contributed by atoms with Crippen molar-refractivity contribution >= 4 is 5.78 Å². The van der Waals surface area contributed by atoms with Gasteiger partial charge in [-0.2, -0.15) is 0 Å². The number of Topliss-reactive ketones (excluding diaryl/α,β-unsaturated/α-hetero) is 1. The van der Waals surface area contributed by atoms with Gasteiger partial charge < -0.3 is 33.5 Å². The molecule has 0 unspecified atom stereocenters. The number of carbonyl (C=O) groups excluding carboxylic acids is 1. The van der Waals surface area contributed by atoms with Crippen LogP contribution in [-0.4, -0.2) is 67.7 Å². The van der Waals surface area contributed by atoms with Gasteiger partial charge in [-0.1, -0.05) is 30.3 Å². The van der Waals surface area contributed by atoms with Crippen LogP contribution in [0.1, 0.15) is 32.1 Å². The second-order valence-electron chi connectivity index (χ2n) is 8.09. The molecule has 1 aromatic rings. The van der Waals surface area contributed by atoms with Gasteiger partial charge in [-0.25, -0.2) is 0 Å². The summed E-state index contributed by atoms with van der Waals surface area (Å²) in [5, 5.41) is 10.8. The van der Waals surface area contributed by atoms with Crippen molar-refractivity contribution in [2.75, 3.05) is 20.3 Å². The third-order valence-electron chi connectivity index (χ3n) is 5.52. The molecule has 8 heteroatoms. The lowest BCUT2D eigenvalue weighted by molar-refractivity contribution is -0.313. The Bertz CT molecular complexity index is 708. The lowest BCUT2D eigenvalue weighted by atomic mass is 9.85. The zero-order valence-electron chi connectivity index (χ0n) is 16.9. The van der Waals surface area contributed by atoms with Crippen LogP contribution >= 0.6 is 0 Å². The molecule has 0 saturated carbocycles. The van der Waals surface area contributed by atoms with E-state index < -0.39 is 42.6 Å². The highest BCUT2D eigenvalue weighted by Gasteiger charge is 2.52. The number of benzene rings is 1. The maximum atomic E-state index is 13.3. The van der Waals surface area contributed by atoms with E-state index in [0.29, 0.717) is 6.61 Å². The van der Waals surface area contributed by atoms with Gasteiger partial charge in [-0.05, 0) is 13.8 Å². The quantitative estimate of drug-likeness (QED) is 0.785. The van der Waals surface area contributed by atoms with E-state index in [1.807, 2.05) is 44.2 Å². The molecule has 0 bridgehead atoms. The second-order valence-corrected chi connectivity index (χ2v) is 8.09. The first-order valence-electron chi connectivity index (χ1n) is 9.92. The molecular weight excluding hydrogens is 380 g/mol. The van der Waals surface area contributed by atoms with Gasteiger partial charge in [0.1, 0.15) is 12.2 Å². The first-order valence-corrected chi connectivity index (χ1v) is 9.92. The number of fused-ring (bicyclic) bond motifs is 1. The minimum Gasteiger partial charge on any atom is -0.392 e.